The Morgan fingerprint density at radius 1 is 1.04 bits per heavy atom. The first kappa shape index (κ1) is 17.0. The van der Waals surface area contributed by atoms with Crippen molar-refractivity contribution in [1.82, 2.24) is 20.4 Å². The molecule has 1 unspecified atom stereocenters. The summed E-state index contributed by atoms with van der Waals surface area (Å²) in [7, 11) is 0. The van der Waals surface area contributed by atoms with Gasteiger partial charge in [-0.2, -0.15) is 0 Å². The number of likely N-dealkylation sites (tertiary alicyclic amines) is 1. The van der Waals surface area contributed by atoms with Crippen LogP contribution in [-0.2, 0) is 0 Å². The molecule has 2 N–H and O–H groups in total. The van der Waals surface area contributed by atoms with Gasteiger partial charge in [-0.05, 0) is 58.2 Å². The molecular weight excluding hydrogens is 288 g/mol. The molecule has 2 aliphatic heterocycles. The molecule has 132 valence electrons. The molecule has 1 saturated carbocycles. The third-order valence-corrected chi connectivity index (χ3v) is 5.76. The SMILES string of the molecule is O=C(NC1CCCC1)N(CCN1CCCCC1)C1CCCNC1. The van der Waals surface area contributed by atoms with E-state index < -0.39 is 0 Å². The third kappa shape index (κ3) is 5.08. The second-order valence-corrected chi connectivity index (χ2v) is 7.53. The van der Waals surface area contributed by atoms with Crippen LogP contribution >= 0.6 is 0 Å². The highest BCUT2D eigenvalue weighted by atomic mass is 16.2. The maximum absolute atomic E-state index is 12.8. The van der Waals surface area contributed by atoms with Gasteiger partial charge >= 0.3 is 6.03 Å². The van der Waals surface area contributed by atoms with Crippen molar-refractivity contribution in [3.05, 3.63) is 0 Å². The van der Waals surface area contributed by atoms with Gasteiger partial charge in [-0.1, -0.05) is 19.3 Å². The normalized spacial score (nSPS) is 27.0. The Kier molecular flexibility index (Phi) is 6.57. The summed E-state index contributed by atoms with van der Waals surface area (Å²) in [5, 5.41) is 6.77. The minimum absolute atomic E-state index is 0.183. The fourth-order valence-corrected chi connectivity index (χ4v) is 4.31. The third-order valence-electron chi connectivity index (χ3n) is 5.76. The van der Waals surface area contributed by atoms with Crippen LogP contribution in [0.15, 0.2) is 0 Å². The lowest BCUT2D eigenvalue weighted by molar-refractivity contribution is 0.137. The van der Waals surface area contributed by atoms with Crippen molar-refractivity contribution >= 4 is 6.03 Å². The van der Waals surface area contributed by atoms with E-state index in [2.05, 4.69) is 20.4 Å². The van der Waals surface area contributed by atoms with E-state index in [9.17, 15) is 4.79 Å². The number of carbonyl (C=O) groups is 1. The Balaban J connectivity index is 1.54. The number of amides is 2. The highest BCUT2D eigenvalue weighted by molar-refractivity contribution is 5.75. The number of nitrogens with zero attached hydrogens (tertiary/aromatic N) is 2. The van der Waals surface area contributed by atoms with Gasteiger partial charge in [0.25, 0.3) is 0 Å². The van der Waals surface area contributed by atoms with Crippen molar-refractivity contribution < 1.29 is 4.79 Å². The summed E-state index contributed by atoms with van der Waals surface area (Å²) < 4.78 is 0. The average Bonchev–Trinajstić information content (AvgIpc) is 3.10. The number of urea groups is 1. The lowest BCUT2D eigenvalue weighted by atomic mass is 10.1. The van der Waals surface area contributed by atoms with Crippen LogP contribution in [-0.4, -0.2) is 67.2 Å². The summed E-state index contributed by atoms with van der Waals surface area (Å²) in [5.41, 5.74) is 0. The maximum Gasteiger partial charge on any atom is 0.317 e. The summed E-state index contributed by atoms with van der Waals surface area (Å²) in [5.74, 6) is 0. The molecule has 3 aliphatic rings. The summed E-state index contributed by atoms with van der Waals surface area (Å²) in [6.07, 6.45) is 11.2. The minimum Gasteiger partial charge on any atom is -0.335 e. The Morgan fingerprint density at radius 2 is 1.83 bits per heavy atom. The first-order valence-electron chi connectivity index (χ1n) is 9.83. The fraction of sp³-hybridized carbons (Fsp3) is 0.944. The van der Waals surface area contributed by atoms with Crippen molar-refractivity contribution in [3.63, 3.8) is 0 Å². The number of carbonyl (C=O) groups excluding carboxylic acids is 1. The van der Waals surface area contributed by atoms with E-state index in [-0.39, 0.29) is 6.03 Å². The van der Waals surface area contributed by atoms with Gasteiger partial charge in [-0.25, -0.2) is 4.79 Å². The van der Waals surface area contributed by atoms with Crippen molar-refractivity contribution in [2.24, 2.45) is 0 Å². The molecule has 5 nitrogen and oxygen atoms in total. The maximum atomic E-state index is 12.8. The van der Waals surface area contributed by atoms with Crippen LogP contribution in [0.1, 0.15) is 57.8 Å². The number of rotatable bonds is 5. The first-order valence-corrected chi connectivity index (χ1v) is 9.83. The van der Waals surface area contributed by atoms with Gasteiger partial charge in [-0.15, -0.1) is 0 Å². The van der Waals surface area contributed by atoms with Gasteiger partial charge in [0.15, 0.2) is 0 Å². The molecule has 0 aromatic rings. The van der Waals surface area contributed by atoms with Crippen LogP contribution in [0.4, 0.5) is 4.79 Å². The van der Waals surface area contributed by atoms with E-state index in [1.807, 2.05) is 0 Å². The van der Waals surface area contributed by atoms with E-state index >= 15 is 0 Å². The quantitative estimate of drug-likeness (QED) is 0.815. The van der Waals surface area contributed by atoms with Crippen LogP contribution in [0, 0.1) is 0 Å². The highest BCUT2D eigenvalue weighted by Gasteiger charge is 2.28. The molecule has 0 aromatic carbocycles. The van der Waals surface area contributed by atoms with Crippen LogP contribution < -0.4 is 10.6 Å². The van der Waals surface area contributed by atoms with Gasteiger partial charge in [0.2, 0.25) is 0 Å². The lowest BCUT2D eigenvalue weighted by Crippen LogP contribution is -2.55. The van der Waals surface area contributed by atoms with E-state index in [1.54, 1.807) is 0 Å². The number of hydrogen-bond acceptors (Lipinski definition) is 3. The molecule has 0 aromatic heterocycles. The smallest absolute Gasteiger partial charge is 0.317 e. The molecule has 2 saturated heterocycles. The van der Waals surface area contributed by atoms with Crippen molar-refractivity contribution in [3.8, 4) is 0 Å². The van der Waals surface area contributed by atoms with E-state index in [0.29, 0.717) is 12.1 Å². The Bertz CT molecular complexity index is 358. The largest absolute Gasteiger partial charge is 0.335 e. The predicted molar refractivity (Wildman–Crippen MR) is 93.7 cm³/mol. The highest BCUT2D eigenvalue weighted by Crippen LogP contribution is 2.19. The molecule has 0 spiro atoms. The number of nitrogens with one attached hydrogen (secondary N) is 2. The second kappa shape index (κ2) is 8.88. The fourth-order valence-electron chi connectivity index (χ4n) is 4.31. The Morgan fingerprint density at radius 3 is 2.52 bits per heavy atom. The van der Waals surface area contributed by atoms with Crippen molar-refractivity contribution in [2.75, 3.05) is 39.3 Å². The molecule has 0 bridgehead atoms. The Labute approximate surface area is 141 Å². The number of piperidine rings is 2. The molecule has 0 radical (unpaired) electrons. The van der Waals surface area contributed by atoms with Crippen LogP contribution in [0.25, 0.3) is 0 Å². The second-order valence-electron chi connectivity index (χ2n) is 7.53. The van der Waals surface area contributed by atoms with E-state index in [4.69, 9.17) is 0 Å². The average molecular weight is 322 g/mol. The first-order chi connectivity index (χ1) is 11.3. The molecule has 2 heterocycles. The standard InChI is InChI=1S/C18H34N4O/c23-18(20-16-7-2-3-8-16)22(17-9-6-10-19-15-17)14-13-21-11-4-1-5-12-21/h16-17,19H,1-15H2,(H,20,23). The molecule has 3 rings (SSSR count). The van der Waals surface area contributed by atoms with Gasteiger partial charge in [0.05, 0.1) is 0 Å². The molecule has 5 heteroatoms. The van der Waals surface area contributed by atoms with E-state index in [1.165, 1.54) is 51.6 Å². The molecule has 3 fully saturated rings. The molecule has 1 atom stereocenters. The van der Waals surface area contributed by atoms with Crippen molar-refractivity contribution in [1.29, 1.82) is 0 Å². The van der Waals surface area contributed by atoms with Gasteiger partial charge in [0, 0.05) is 31.7 Å². The summed E-state index contributed by atoms with van der Waals surface area (Å²) >= 11 is 0. The van der Waals surface area contributed by atoms with Crippen molar-refractivity contribution in [2.45, 2.75) is 69.9 Å². The monoisotopic (exact) mass is 322 g/mol. The zero-order valence-corrected chi connectivity index (χ0v) is 14.6. The molecule has 1 aliphatic carbocycles. The van der Waals surface area contributed by atoms with Crippen LogP contribution in [0.3, 0.4) is 0 Å². The molecule has 2 amide bonds. The van der Waals surface area contributed by atoms with Gasteiger partial charge < -0.3 is 20.4 Å². The number of hydrogen-bond donors (Lipinski definition) is 2. The summed E-state index contributed by atoms with van der Waals surface area (Å²) in [6.45, 7) is 6.39. The Hall–Kier alpha value is -0.810. The lowest BCUT2D eigenvalue weighted by Gasteiger charge is -2.37. The summed E-state index contributed by atoms with van der Waals surface area (Å²) in [6, 6.07) is 0.967. The minimum atomic E-state index is 0.183. The zero-order chi connectivity index (χ0) is 15.9. The molecular formula is C18H34N4O. The van der Waals surface area contributed by atoms with Crippen LogP contribution in [0.2, 0.25) is 0 Å². The van der Waals surface area contributed by atoms with Gasteiger partial charge in [0.1, 0.15) is 0 Å². The predicted octanol–water partition coefficient (Wildman–Crippen LogP) is 2.18. The van der Waals surface area contributed by atoms with Gasteiger partial charge in [-0.3, -0.25) is 0 Å². The van der Waals surface area contributed by atoms with Crippen LogP contribution in [0.5, 0.6) is 0 Å². The topological polar surface area (TPSA) is 47.6 Å². The molecule has 23 heavy (non-hydrogen) atoms. The summed E-state index contributed by atoms with van der Waals surface area (Å²) in [4.78, 5) is 17.5. The zero-order valence-electron chi connectivity index (χ0n) is 14.6. The van der Waals surface area contributed by atoms with E-state index in [0.717, 1.165) is 45.4 Å².